The molecule has 0 saturated heterocycles. The van der Waals surface area contributed by atoms with Gasteiger partial charge in [0.1, 0.15) is 10.0 Å². The lowest BCUT2D eigenvalue weighted by molar-refractivity contribution is 1.05. The van der Waals surface area contributed by atoms with E-state index >= 15 is 0 Å². The predicted molar refractivity (Wildman–Crippen MR) is 59.5 cm³/mol. The number of aromatic nitrogens is 2. The molecular formula is C9H8ClN3S. The summed E-state index contributed by atoms with van der Waals surface area (Å²) in [5.74, 6) is 0. The topological polar surface area (TPSA) is 51.8 Å². The summed E-state index contributed by atoms with van der Waals surface area (Å²) in [4.78, 5) is 0. The summed E-state index contributed by atoms with van der Waals surface area (Å²) in [6, 6.07) is 5.37. The van der Waals surface area contributed by atoms with Crippen molar-refractivity contribution < 1.29 is 0 Å². The average Bonchev–Trinajstić information content (AvgIpc) is 2.51. The molecule has 1 heterocycles. The van der Waals surface area contributed by atoms with E-state index in [1.165, 1.54) is 11.3 Å². The van der Waals surface area contributed by atoms with E-state index < -0.39 is 0 Å². The van der Waals surface area contributed by atoms with Crippen molar-refractivity contribution in [3.63, 3.8) is 0 Å². The molecule has 14 heavy (non-hydrogen) atoms. The summed E-state index contributed by atoms with van der Waals surface area (Å²) in [5.41, 5.74) is 7.34. The van der Waals surface area contributed by atoms with Gasteiger partial charge in [0, 0.05) is 16.3 Å². The van der Waals surface area contributed by atoms with Crippen LogP contribution in [0.4, 0.5) is 5.69 Å². The molecule has 0 amide bonds. The molecule has 0 fully saturated rings. The minimum absolute atomic E-state index is 0.632. The number of nitrogen functional groups attached to an aromatic ring is 1. The van der Waals surface area contributed by atoms with Crippen molar-refractivity contribution in [3.05, 3.63) is 28.2 Å². The fourth-order valence-corrected chi connectivity index (χ4v) is 2.05. The Balaban J connectivity index is 2.52. The summed E-state index contributed by atoms with van der Waals surface area (Å²) in [5, 5.41) is 10.3. The van der Waals surface area contributed by atoms with Crippen molar-refractivity contribution in [1.29, 1.82) is 0 Å². The molecule has 0 aliphatic carbocycles. The maximum absolute atomic E-state index is 5.82. The van der Waals surface area contributed by atoms with Gasteiger partial charge in [0.25, 0.3) is 0 Å². The highest BCUT2D eigenvalue weighted by Gasteiger charge is 2.07. The minimum atomic E-state index is 0.632. The Hall–Kier alpha value is -1.13. The van der Waals surface area contributed by atoms with Gasteiger partial charge in [0.15, 0.2) is 0 Å². The predicted octanol–water partition coefficient (Wildman–Crippen LogP) is 2.75. The van der Waals surface area contributed by atoms with Crippen LogP contribution in [-0.2, 0) is 0 Å². The number of hydrogen-bond donors (Lipinski definition) is 1. The molecule has 3 nitrogen and oxygen atoms in total. The molecule has 2 rings (SSSR count). The zero-order chi connectivity index (χ0) is 10.1. The fraction of sp³-hybridized carbons (Fsp3) is 0.111. The van der Waals surface area contributed by atoms with Crippen molar-refractivity contribution in [2.75, 3.05) is 5.73 Å². The van der Waals surface area contributed by atoms with Gasteiger partial charge < -0.3 is 5.73 Å². The zero-order valence-corrected chi connectivity index (χ0v) is 9.06. The lowest BCUT2D eigenvalue weighted by atomic mass is 10.2. The number of anilines is 1. The highest BCUT2D eigenvalue weighted by molar-refractivity contribution is 7.14. The van der Waals surface area contributed by atoms with Crippen molar-refractivity contribution in [2.24, 2.45) is 0 Å². The number of nitrogens with zero attached hydrogens (tertiary/aromatic N) is 2. The van der Waals surface area contributed by atoms with Crippen LogP contribution in [0.2, 0.25) is 5.02 Å². The highest BCUT2D eigenvalue weighted by Crippen LogP contribution is 2.30. The first-order valence-electron chi connectivity index (χ1n) is 4.02. The molecule has 0 spiro atoms. The lowest BCUT2D eigenvalue weighted by Crippen LogP contribution is -1.89. The third-order valence-electron chi connectivity index (χ3n) is 1.77. The second-order valence-corrected chi connectivity index (χ2v) is 4.48. The van der Waals surface area contributed by atoms with Gasteiger partial charge in [-0.1, -0.05) is 22.9 Å². The maximum atomic E-state index is 5.82. The summed E-state index contributed by atoms with van der Waals surface area (Å²) >= 11 is 7.31. The first-order chi connectivity index (χ1) is 6.66. The van der Waals surface area contributed by atoms with E-state index in [2.05, 4.69) is 10.2 Å². The summed E-state index contributed by atoms with van der Waals surface area (Å²) in [7, 11) is 0. The van der Waals surface area contributed by atoms with Gasteiger partial charge in [-0.2, -0.15) is 0 Å². The van der Waals surface area contributed by atoms with Crippen LogP contribution in [0.25, 0.3) is 10.6 Å². The summed E-state index contributed by atoms with van der Waals surface area (Å²) in [6.45, 7) is 1.91. The zero-order valence-electron chi connectivity index (χ0n) is 7.49. The van der Waals surface area contributed by atoms with Crippen LogP contribution in [0.3, 0.4) is 0 Å². The molecule has 2 N–H and O–H groups in total. The molecule has 1 aromatic carbocycles. The van der Waals surface area contributed by atoms with Gasteiger partial charge >= 0.3 is 0 Å². The average molecular weight is 226 g/mol. The fourth-order valence-electron chi connectivity index (χ4n) is 1.13. The van der Waals surface area contributed by atoms with E-state index in [1.54, 1.807) is 12.1 Å². The van der Waals surface area contributed by atoms with Gasteiger partial charge in [-0.15, -0.1) is 10.2 Å². The summed E-state index contributed by atoms with van der Waals surface area (Å²) in [6.07, 6.45) is 0. The van der Waals surface area contributed by atoms with Crippen LogP contribution in [0.5, 0.6) is 0 Å². The Kier molecular flexibility index (Phi) is 2.39. The molecule has 1 aromatic heterocycles. The number of hydrogen-bond acceptors (Lipinski definition) is 4. The summed E-state index contributed by atoms with van der Waals surface area (Å²) < 4.78 is 0. The second-order valence-electron chi connectivity index (χ2n) is 2.86. The van der Waals surface area contributed by atoms with E-state index in [0.29, 0.717) is 10.7 Å². The molecule has 0 aliphatic rings. The van der Waals surface area contributed by atoms with Crippen LogP contribution >= 0.6 is 22.9 Å². The lowest BCUT2D eigenvalue weighted by Gasteiger charge is -2.00. The van der Waals surface area contributed by atoms with Crippen LogP contribution in [0.1, 0.15) is 5.01 Å². The molecule has 5 heteroatoms. The molecule has 0 atom stereocenters. The van der Waals surface area contributed by atoms with Gasteiger partial charge in [0.2, 0.25) is 0 Å². The monoisotopic (exact) mass is 225 g/mol. The standard InChI is InChI=1S/C9H8ClN3S/c1-5-12-13-9(14-5)7-3-2-6(10)4-8(7)11/h2-4H,11H2,1H3. The number of rotatable bonds is 1. The van der Waals surface area contributed by atoms with Gasteiger partial charge in [0.05, 0.1) is 0 Å². The van der Waals surface area contributed by atoms with Crippen LogP contribution in [0.15, 0.2) is 18.2 Å². The number of halogens is 1. The van der Waals surface area contributed by atoms with E-state index in [9.17, 15) is 0 Å². The van der Waals surface area contributed by atoms with Gasteiger partial charge in [-0.3, -0.25) is 0 Å². The van der Waals surface area contributed by atoms with Crippen LogP contribution < -0.4 is 5.73 Å². The van der Waals surface area contributed by atoms with Crippen molar-refractivity contribution >= 4 is 28.6 Å². The minimum Gasteiger partial charge on any atom is -0.398 e. The Labute approximate surface area is 90.5 Å². The second kappa shape index (κ2) is 3.55. The van der Waals surface area contributed by atoms with Gasteiger partial charge in [-0.25, -0.2) is 0 Å². The number of aryl methyl sites for hydroxylation is 1. The first kappa shape index (κ1) is 9.43. The number of nitrogens with two attached hydrogens (primary N) is 1. The van der Waals surface area contributed by atoms with Crippen LogP contribution in [-0.4, -0.2) is 10.2 Å². The van der Waals surface area contributed by atoms with Gasteiger partial charge in [-0.05, 0) is 25.1 Å². The normalized spacial score (nSPS) is 10.4. The molecule has 2 aromatic rings. The third-order valence-corrected chi connectivity index (χ3v) is 2.88. The molecule has 0 radical (unpaired) electrons. The Morgan fingerprint density at radius 1 is 1.36 bits per heavy atom. The molecule has 72 valence electrons. The Morgan fingerprint density at radius 3 is 2.71 bits per heavy atom. The van der Waals surface area contributed by atoms with Crippen molar-refractivity contribution in [3.8, 4) is 10.6 Å². The first-order valence-corrected chi connectivity index (χ1v) is 5.22. The SMILES string of the molecule is Cc1nnc(-c2ccc(Cl)cc2N)s1. The van der Waals surface area contributed by atoms with E-state index in [1.807, 2.05) is 13.0 Å². The van der Waals surface area contributed by atoms with E-state index in [-0.39, 0.29) is 0 Å². The maximum Gasteiger partial charge on any atom is 0.149 e. The quantitative estimate of drug-likeness (QED) is 0.760. The Morgan fingerprint density at radius 2 is 2.14 bits per heavy atom. The van der Waals surface area contributed by atoms with Crippen LogP contribution in [0, 0.1) is 6.92 Å². The largest absolute Gasteiger partial charge is 0.398 e. The Bertz CT molecular complexity index is 467. The highest BCUT2D eigenvalue weighted by atomic mass is 35.5. The third kappa shape index (κ3) is 1.71. The number of benzene rings is 1. The molecular weight excluding hydrogens is 218 g/mol. The van der Waals surface area contributed by atoms with E-state index in [4.69, 9.17) is 17.3 Å². The molecule has 0 aliphatic heterocycles. The molecule has 0 unspecified atom stereocenters. The van der Waals surface area contributed by atoms with E-state index in [0.717, 1.165) is 15.6 Å². The molecule has 0 bridgehead atoms. The van der Waals surface area contributed by atoms with Crippen molar-refractivity contribution in [1.82, 2.24) is 10.2 Å². The molecule has 0 saturated carbocycles. The van der Waals surface area contributed by atoms with Crippen molar-refractivity contribution in [2.45, 2.75) is 6.92 Å². The smallest absolute Gasteiger partial charge is 0.149 e.